The fraction of sp³-hybridized carbons (Fsp3) is 0.593. The molecule has 8 heteroatoms. The number of hydrogen-bond donors (Lipinski definition) is 1. The Morgan fingerprint density at radius 3 is 2.37 bits per heavy atom. The van der Waals surface area contributed by atoms with Crippen LogP contribution in [-0.4, -0.2) is 67.2 Å². The average Bonchev–Trinajstić information content (AvgIpc) is 3.18. The molecule has 1 aromatic carbocycles. The number of likely N-dealkylation sites (N-methyl/N-ethyl adjacent to an activating group) is 1. The third-order valence-electron chi connectivity index (χ3n) is 5.80. The second-order valence-corrected chi connectivity index (χ2v) is 9.97. The maximum Gasteiger partial charge on any atom is 0.250 e. The highest BCUT2D eigenvalue weighted by Crippen LogP contribution is 2.21. The first kappa shape index (κ1) is 30.3. The number of halogens is 1. The Labute approximate surface area is 209 Å². The summed E-state index contributed by atoms with van der Waals surface area (Å²) in [7, 11) is 1.71. The number of hydrogen-bond acceptors (Lipinski definition) is 4. The molecule has 0 saturated carbocycles. The predicted molar refractivity (Wildman–Crippen MR) is 138 cm³/mol. The molecule has 1 aromatic rings. The first-order valence-corrected chi connectivity index (χ1v) is 12.1. The van der Waals surface area contributed by atoms with Gasteiger partial charge in [-0.2, -0.15) is 0 Å². The van der Waals surface area contributed by atoms with Crippen molar-refractivity contribution in [2.75, 3.05) is 25.1 Å². The van der Waals surface area contributed by atoms with Crippen molar-refractivity contribution in [1.29, 1.82) is 0 Å². The van der Waals surface area contributed by atoms with Crippen LogP contribution in [0.25, 0.3) is 0 Å². The van der Waals surface area contributed by atoms with Gasteiger partial charge in [0, 0.05) is 37.9 Å². The minimum atomic E-state index is -1.20. The number of carbonyl (C=O) groups is 3. The fourth-order valence-electron chi connectivity index (χ4n) is 3.47. The normalized spacial score (nSPS) is 18.7. The fourth-order valence-corrected chi connectivity index (χ4v) is 3.47. The smallest absolute Gasteiger partial charge is 0.250 e. The SMILES string of the molecule is CCN(C(=O)/C=C/[C@@H](NC(=O)C1CC(F)CN1C=O)C(C)C)c1ccccc1C.COC(C)(C)C. The summed E-state index contributed by atoms with van der Waals surface area (Å²) >= 11 is 0. The number of benzene rings is 1. The number of ether oxygens (including phenoxy) is 1. The topological polar surface area (TPSA) is 79.0 Å². The molecule has 1 heterocycles. The maximum absolute atomic E-state index is 13.6. The first-order chi connectivity index (χ1) is 16.3. The number of nitrogens with zero attached hydrogens (tertiary/aromatic N) is 2. The Morgan fingerprint density at radius 2 is 1.89 bits per heavy atom. The van der Waals surface area contributed by atoms with Gasteiger partial charge >= 0.3 is 0 Å². The minimum absolute atomic E-state index is 0.00503. The van der Waals surface area contributed by atoms with E-state index in [2.05, 4.69) is 5.32 Å². The number of methoxy groups -OCH3 is 1. The highest BCUT2D eigenvalue weighted by Gasteiger charge is 2.36. The monoisotopic (exact) mass is 491 g/mol. The van der Waals surface area contributed by atoms with Gasteiger partial charge in [-0.3, -0.25) is 14.4 Å². The summed E-state index contributed by atoms with van der Waals surface area (Å²) in [5.41, 5.74) is 1.89. The molecule has 1 aliphatic heterocycles. The van der Waals surface area contributed by atoms with Crippen LogP contribution in [0.2, 0.25) is 0 Å². The molecule has 0 radical (unpaired) electrons. The van der Waals surface area contributed by atoms with Crippen LogP contribution in [0.3, 0.4) is 0 Å². The van der Waals surface area contributed by atoms with Gasteiger partial charge in [0.05, 0.1) is 12.1 Å². The zero-order valence-corrected chi connectivity index (χ0v) is 22.4. The summed E-state index contributed by atoms with van der Waals surface area (Å²) in [6.07, 6.45) is 2.44. The van der Waals surface area contributed by atoms with Gasteiger partial charge in [-0.15, -0.1) is 0 Å². The number of amides is 3. The zero-order chi connectivity index (χ0) is 26.8. The van der Waals surface area contributed by atoms with Gasteiger partial charge in [-0.05, 0) is 52.2 Å². The molecule has 2 rings (SSSR count). The minimum Gasteiger partial charge on any atom is -0.379 e. The lowest BCUT2D eigenvalue weighted by Crippen LogP contribution is -2.47. The van der Waals surface area contributed by atoms with Gasteiger partial charge in [0.25, 0.3) is 5.91 Å². The van der Waals surface area contributed by atoms with Crippen LogP contribution >= 0.6 is 0 Å². The van der Waals surface area contributed by atoms with E-state index in [0.29, 0.717) is 13.0 Å². The van der Waals surface area contributed by atoms with E-state index in [1.54, 1.807) is 18.1 Å². The van der Waals surface area contributed by atoms with Crippen molar-refractivity contribution in [3.05, 3.63) is 42.0 Å². The summed E-state index contributed by atoms with van der Waals surface area (Å²) < 4.78 is 18.5. The molecule has 0 aromatic heterocycles. The van der Waals surface area contributed by atoms with Gasteiger partial charge in [0.2, 0.25) is 12.3 Å². The summed E-state index contributed by atoms with van der Waals surface area (Å²) in [4.78, 5) is 39.3. The molecule has 3 amide bonds. The predicted octanol–water partition coefficient (Wildman–Crippen LogP) is 4.05. The van der Waals surface area contributed by atoms with E-state index in [4.69, 9.17) is 4.74 Å². The van der Waals surface area contributed by atoms with Crippen LogP contribution in [0.4, 0.5) is 10.1 Å². The van der Waals surface area contributed by atoms with E-state index < -0.39 is 24.2 Å². The van der Waals surface area contributed by atoms with Gasteiger partial charge in [-0.1, -0.05) is 38.1 Å². The molecule has 196 valence electrons. The lowest BCUT2D eigenvalue weighted by Gasteiger charge is -2.25. The molecule has 1 N–H and O–H groups in total. The number of carbonyl (C=O) groups excluding carboxylic acids is 3. The number of rotatable bonds is 8. The van der Waals surface area contributed by atoms with Crippen molar-refractivity contribution in [1.82, 2.24) is 10.2 Å². The van der Waals surface area contributed by atoms with E-state index in [9.17, 15) is 18.8 Å². The second kappa shape index (κ2) is 14.0. The van der Waals surface area contributed by atoms with Crippen LogP contribution in [0.15, 0.2) is 36.4 Å². The molecule has 1 fully saturated rings. The third kappa shape index (κ3) is 9.80. The van der Waals surface area contributed by atoms with Gasteiger partial charge in [0.1, 0.15) is 12.2 Å². The largest absolute Gasteiger partial charge is 0.379 e. The lowest BCUT2D eigenvalue weighted by molar-refractivity contribution is -0.131. The molecule has 2 unspecified atom stereocenters. The number of likely N-dealkylation sites (tertiary alicyclic amines) is 1. The van der Waals surface area contributed by atoms with Crippen molar-refractivity contribution < 1.29 is 23.5 Å². The van der Waals surface area contributed by atoms with Crippen LogP contribution in [0, 0.1) is 12.8 Å². The standard InChI is InChI=1S/C22H30FN3O3.C5H12O/c1-5-26(19-9-7-6-8-16(19)4)21(28)11-10-18(15(2)3)24-22(29)20-12-17(23)13-25(20)14-27;1-5(2,3)6-4/h6-11,14-15,17-18,20H,5,12-13H2,1-4H3,(H,24,29);1-4H3/b11-10+;/t17?,18-,20?;/m1./s1. The summed E-state index contributed by atoms with van der Waals surface area (Å²) in [5.74, 6) is -0.566. The van der Waals surface area contributed by atoms with Gasteiger partial charge in [-0.25, -0.2) is 4.39 Å². The lowest BCUT2D eigenvalue weighted by atomic mass is 10.0. The van der Waals surface area contributed by atoms with E-state index in [0.717, 1.165) is 11.3 Å². The third-order valence-corrected chi connectivity index (χ3v) is 5.80. The molecule has 7 nitrogen and oxygen atoms in total. The molecular weight excluding hydrogens is 449 g/mol. The number of nitrogens with one attached hydrogen (secondary N) is 1. The number of anilines is 1. The van der Waals surface area contributed by atoms with Gasteiger partial charge in [0.15, 0.2) is 0 Å². The number of alkyl halides is 1. The van der Waals surface area contributed by atoms with Gasteiger partial charge < -0.3 is 19.9 Å². The average molecular weight is 492 g/mol. The number of aryl methyl sites for hydroxylation is 1. The quantitative estimate of drug-likeness (QED) is 0.440. The van der Waals surface area contributed by atoms with E-state index in [-0.39, 0.29) is 30.4 Å². The van der Waals surface area contributed by atoms with Crippen molar-refractivity contribution >= 4 is 23.9 Å². The van der Waals surface area contributed by atoms with Crippen molar-refractivity contribution in [2.45, 2.75) is 78.7 Å². The van der Waals surface area contributed by atoms with Crippen LogP contribution in [0.5, 0.6) is 0 Å². The highest BCUT2D eigenvalue weighted by atomic mass is 19.1. The summed E-state index contributed by atoms with van der Waals surface area (Å²) in [6.45, 7) is 14.2. The van der Waals surface area contributed by atoms with Crippen LogP contribution in [-0.2, 0) is 19.1 Å². The molecule has 35 heavy (non-hydrogen) atoms. The number of para-hydroxylation sites is 1. The second-order valence-electron chi connectivity index (χ2n) is 9.97. The first-order valence-electron chi connectivity index (χ1n) is 12.1. The Hall–Kier alpha value is -2.74. The van der Waals surface area contributed by atoms with E-state index >= 15 is 0 Å². The van der Waals surface area contributed by atoms with Crippen LogP contribution < -0.4 is 10.2 Å². The molecule has 0 bridgehead atoms. The summed E-state index contributed by atoms with van der Waals surface area (Å²) in [5, 5.41) is 2.84. The highest BCUT2D eigenvalue weighted by molar-refractivity contribution is 6.02. The Kier molecular flexibility index (Phi) is 12.1. The van der Waals surface area contributed by atoms with Crippen LogP contribution in [0.1, 0.15) is 53.5 Å². The van der Waals surface area contributed by atoms with E-state index in [1.165, 1.54) is 11.0 Å². The Balaban J connectivity index is 0.000000905. The molecule has 3 atom stereocenters. The van der Waals surface area contributed by atoms with Crippen molar-refractivity contribution in [3.63, 3.8) is 0 Å². The Morgan fingerprint density at radius 1 is 1.29 bits per heavy atom. The molecule has 0 spiro atoms. The molecular formula is C27H42FN3O4. The Bertz CT molecular complexity index is 866. The molecule has 0 aliphatic carbocycles. The van der Waals surface area contributed by atoms with Crippen molar-refractivity contribution in [3.8, 4) is 0 Å². The molecule has 1 saturated heterocycles. The summed E-state index contributed by atoms with van der Waals surface area (Å²) in [6, 6.07) is 6.43. The maximum atomic E-state index is 13.6. The van der Waals surface area contributed by atoms with Crippen molar-refractivity contribution in [2.24, 2.45) is 5.92 Å². The molecule has 1 aliphatic rings. The van der Waals surface area contributed by atoms with E-state index in [1.807, 2.05) is 72.7 Å². The zero-order valence-electron chi connectivity index (χ0n) is 22.4.